The molecule has 2 N–H and O–H groups in total. The maximum Gasteiger partial charge on any atom is 0.469 e. The first kappa shape index (κ1) is 42.5. The van der Waals surface area contributed by atoms with Crippen LogP contribution in [0.25, 0.3) is 0 Å². The van der Waals surface area contributed by atoms with E-state index in [4.69, 9.17) is 19.3 Å². The van der Waals surface area contributed by atoms with Crippen LogP contribution in [0.15, 0.2) is 24.3 Å². The zero-order valence-electron chi connectivity index (χ0n) is 28.1. The molecule has 1 unspecified atom stereocenters. The van der Waals surface area contributed by atoms with Crippen LogP contribution in [0.3, 0.4) is 0 Å². The Hall–Kier alpha value is -1.47. The van der Waals surface area contributed by atoms with Gasteiger partial charge in [-0.3, -0.25) is 14.1 Å². The number of carbonyl (C=O) groups excluding carboxylic acids is 2. The standard InChI is InChI=1S/C35H65O8P/c1-3-5-7-9-11-13-15-17-19-21-23-25-27-29-34(36)41-31-33(32-42-44(38,39)40)43-35(37)30-28-26-24-22-20-18-16-14-12-10-8-6-4-2/h13-16,33H,3-12,17-32H2,1-2H3,(H2,38,39,40)/b15-13-,16-14-. The zero-order valence-corrected chi connectivity index (χ0v) is 29.0. The minimum atomic E-state index is -4.75. The Morgan fingerprint density at radius 1 is 0.568 bits per heavy atom. The molecule has 0 aliphatic carbocycles. The Morgan fingerprint density at radius 2 is 0.955 bits per heavy atom. The van der Waals surface area contributed by atoms with E-state index in [-0.39, 0.29) is 19.4 Å². The van der Waals surface area contributed by atoms with Crippen LogP contribution in [-0.2, 0) is 28.2 Å². The van der Waals surface area contributed by atoms with Crippen LogP contribution in [0.4, 0.5) is 0 Å². The summed E-state index contributed by atoms with van der Waals surface area (Å²) in [6.07, 6.45) is 33.2. The summed E-state index contributed by atoms with van der Waals surface area (Å²) in [5.41, 5.74) is 0. The molecule has 44 heavy (non-hydrogen) atoms. The van der Waals surface area contributed by atoms with E-state index < -0.39 is 32.5 Å². The minimum absolute atomic E-state index is 0.201. The lowest BCUT2D eigenvalue weighted by atomic mass is 10.1. The first-order chi connectivity index (χ1) is 21.3. The number of unbranched alkanes of at least 4 members (excludes halogenated alkanes) is 18. The molecule has 0 aromatic heterocycles. The first-order valence-electron chi connectivity index (χ1n) is 17.6. The molecule has 0 saturated carbocycles. The molecular formula is C35H65O8P. The maximum absolute atomic E-state index is 12.3. The highest BCUT2D eigenvalue weighted by atomic mass is 31.2. The Balaban J connectivity index is 4.02. The van der Waals surface area contributed by atoms with E-state index in [2.05, 4.69) is 42.7 Å². The van der Waals surface area contributed by atoms with E-state index in [1.54, 1.807) is 0 Å². The Bertz CT molecular complexity index is 777. The van der Waals surface area contributed by atoms with Crippen molar-refractivity contribution in [1.82, 2.24) is 0 Å². The number of allylic oxidation sites excluding steroid dienone is 4. The molecule has 0 aliphatic heterocycles. The molecule has 0 spiro atoms. The Kier molecular flexibility index (Phi) is 30.5. The molecular weight excluding hydrogens is 579 g/mol. The molecule has 0 amide bonds. The summed E-state index contributed by atoms with van der Waals surface area (Å²) < 4.78 is 26.2. The lowest BCUT2D eigenvalue weighted by molar-refractivity contribution is -0.161. The monoisotopic (exact) mass is 644 g/mol. The van der Waals surface area contributed by atoms with Crippen molar-refractivity contribution < 1.29 is 37.9 Å². The summed E-state index contributed by atoms with van der Waals surface area (Å²) in [5, 5.41) is 0. The molecule has 0 heterocycles. The van der Waals surface area contributed by atoms with Crippen molar-refractivity contribution in [2.24, 2.45) is 0 Å². The molecule has 0 radical (unpaired) electrons. The summed E-state index contributed by atoms with van der Waals surface area (Å²) in [6.45, 7) is 3.62. The summed E-state index contributed by atoms with van der Waals surface area (Å²) in [6, 6.07) is 0. The molecule has 0 saturated heterocycles. The van der Waals surface area contributed by atoms with E-state index in [1.165, 1.54) is 64.2 Å². The van der Waals surface area contributed by atoms with Crippen molar-refractivity contribution in [2.75, 3.05) is 13.2 Å². The van der Waals surface area contributed by atoms with Crippen molar-refractivity contribution in [3.8, 4) is 0 Å². The smallest absolute Gasteiger partial charge is 0.462 e. The van der Waals surface area contributed by atoms with Crippen molar-refractivity contribution in [2.45, 2.75) is 174 Å². The van der Waals surface area contributed by atoms with Gasteiger partial charge in [0.2, 0.25) is 0 Å². The highest BCUT2D eigenvalue weighted by molar-refractivity contribution is 7.46. The van der Waals surface area contributed by atoms with Crippen molar-refractivity contribution in [3.63, 3.8) is 0 Å². The maximum atomic E-state index is 12.3. The van der Waals surface area contributed by atoms with Crippen LogP contribution in [-0.4, -0.2) is 41.0 Å². The largest absolute Gasteiger partial charge is 0.469 e. The van der Waals surface area contributed by atoms with Gasteiger partial charge in [0, 0.05) is 12.8 Å². The van der Waals surface area contributed by atoms with Crippen LogP contribution in [0.1, 0.15) is 168 Å². The second kappa shape index (κ2) is 31.5. The molecule has 1 atom stereocenters. The number of phosphoric acid groups is 1. The van der Waals surface area contributed by atoms with Crippen molar-refractivity contribution >= 4 is 19.8 Å². The molecule has 0 aliphatic rings. The third-order valence-corrected chi connectivity index (χ3v) is 7.93. The highest BCUT2D eigenvalue weighted by Crippen LogP contribution is 2.36. The fourth-order valence-electron chi connectivity index (χ4n) is 4.77. The van der Waals surface area contributed by atoms with Crippen LogP contribution >= 0.6 is 7.82 Å². The number of esters is 2. The molecule has 0 rings (SSSR count). The summed E-state index contributed by atoms with van der Waals surface area (Å²) >= 11 is 0. The lowest BCUT2D eigenvalue weighted by Crippen LogP contribution is -2.29. The number of carbonyl (C=O) groups is 2. The number of rotatable bonds is 32. The zero-order chi connectivity index (χ0) is 32.6. The average Bonchev–Trinajstić information content (AvgIpc) is 2.98. The van der Waals surface area contributed by atoms with Gasteiger partial charge in [-0.15, -0.1) is 0 Å². The second-order valence-corrected chi connectivity index (χ2v) is 13.1. The van der Waals surface area contributed by atoms with Crippen LogP contribution in [0.2, 0.25) is 0 Å². The quantitative estimate of drug-likeness (QED) is 0.0321. The van der Waals surface area contributed by atoms with Gasteiger partial charge in [0.15, 0.2) is 6.10 Å². The van der Waals surface area contributed by atoms with Crippen molar-refractivity contribution in [3.05, 3.63) is 24.3 Å². The fourth-order valence-corrected chi connectivity index (χ4v) is 5.13. The SMILES string of the molecule is CCCCCC/C=C\CCCCCCCC(=O)OCC(COP(=O)(O)O)OC(=O)CCCCCCC/C=C\CCCCCC. The highest BCUT2D eigenvalue weighted by Gasteiger charge is 2.22. The molecule has 258 valence electrons. The number of hydrogen-bond acceptors (Lipinski definition) is 6. The summed E-state index contributed by atoms with van der Waals surface area (Å²) in [7, 11) is -4.75. The topological polar surface area (TPSA) is 119 Å². The van der Waals surface area contributed by atoms with Gasteiger partial charge in [-0.2, -0.15) is 0 Å². The van der Waals surface area contributed by atoms with Gasteiger partial charge in [-0.05, 0) is 64.2 Å². The number of hydrogen-bond donors (Lipinski definition) is 2. The predicted octanol–water partition coefficient (Wildman–Crippen LogP) is 10.1. The van der Waals surface area contributed by atoms with E-state index >= 15 is 0 Å². The van der Waals surface area contributed by atoms with Gasteiger partial charge in [-0.25, -0.2) is 4.57 Å². The van der Waals surface area contributed by atoms with Gasteiger partial charge in [-0.1, -0.05) is 115 Å². The molecule has 9 heteroatoms. The molecule has 0 aromatic carbocycles. The molecule has 0 fully saturated rings. The van der Waals surface area contributed by atoms with Gasteiger partial charge in [0.25, 0.3) is 0 Å². The average molecular weight is 645 g/mol. The predicted molar refractivity (Wildman–Crippen MR) is 179 cm³/mol. The first-order valence-corrected chi connectivity index (χ1v) is 19.2. The van der Waals surface area contributed by atoms with Gasteiger partial charge >= 0.3 is 19.8 Å². The van der Waals surface area contributed by atoms with E-state index in [1.807, 2.05) is 0 Å². The van der Waals surface area contributed by atoms with Gasteiger partial charge in [0.05, 0.1) is 6.61 Å². The number of ether oxygens (including phenoxy) is 2. The molecule has 0 bridgehead atoms. The second-order valence-electron chi connectivity index (χ2n) is 11.8. The molecule has 0 aromatic rings. The van der Waals surface area contributed by atoms with Crippen LogP contribution < -0.4 is 0 Å². The lowest BCUT2D eigenvalue weighted by Gasteiger charge is -2.18. The van der Waals surface area contributed by atoms with Crippen molar-refractivity contribution in [1.29, 1.82) is 0 Å². The van der Waals surface area contributed by atoms with Crippen LogP contribution in [0, 0.1) is 0 Å². The Morgan fingerprint density at radius 3 is 1.39 bits per heavy atom. The third-order valence-electron chi connectivity index (χ3n) is 7.44. The van der Waals surface area contributed by atoms with Gasteiger partial charge < -0.3 is 19.3 Å². The van der Waals surface area contributed by atoms with E-state index in [9.17, 15) is 14.2 Å². The third kappa shape index (κ3) is 33.4. The van der Waals surface area contributed by atoms with Crippen LogP contribution in [0.5, 0.6) is 0 Å². The normalized spacial score (nSPS) is 12.7. The summed E-state index contributed by atoms with van der Waals surface area (Å²) in [4.78, 5) is 42.5. The van der Waals surface area contributed by atoms with E-state index in [0.717, 1.165) is 64.2 Å². The fraction of sp³-hybridized carbons (Fsp3) is 0.829. The molecule has 8 nitrogen and oxygen atoms in total. The minimum Gasteiger partial charge on any atom is -0.462 e. The van der Waals surface area contributed by atoms with Gasteiger partial charge in [0.1, 0.15) is 6.61 Å². The summed E-state index contributed by atoms with van der Waals surface area (Å²) in [5.74, 6) is -0.905. The Labute approximate surface area is 269 Å². The number of phosphoric ester groups is 1. The van der Waals surface area contributed by atoms with E-state index in [0.29, 0.717) is 12.8 Å².